The molecule has 0 fully saturated rings. The van der Waals surface area contributed by atoms with Crippen molar-refractivity contribution in [3.63, 3.8) is 0 Å². The smallest absolute Gasteiger partial charge is 0.251 e. The molecule has 0 saturated carbocycles. The molecule has 152 valence electrons. The summed E-state index contributed by atoms with van der Waals surface area (Å²) in [7, 11) is -3.61. The minimum Gasteiger partial charge on any atom is -0.348 e. The Morgan fingerprint density at radius 1 is 1.07 bits per heavy atom. The third kappa shape index (κ3) is 4.72. The van der Waals surface area contributed by atoms with Crippen molar-refractivity contribution >= 4 is 15.9 Å². The van der Waals surface area contributed by atoms with E-state index in [1.54, 1.807) is 32.2 Å². The molecule has 3 aromatic rings. The van der Waals surface area contributed by atoms with E-state index in [0.29, 0.717) is 25.2 Å². The van der Waals surface area contributed by atoms with Crippen LogP contribution in [0, 0.1) is 0 Å². The molecule has 0 saturated heterocycles. The number of carbonyl (C=O) groups is 1. The average Bonchev–Trinajstić information content (AvgIpc) is 3.28. The maximum atomic E-state index is 12.7. The summed E-state index contributed by atoms with van der Waals surface area (Å²) in [5.74, 6) is -0.320. The number of amides is 1. The van der Waals surface area contributed by atoms with Crippen LogP contribution in [0.25, 0.3) is 11.3 Å². The molecule has 1 aromatic heterocycles. The summed E-state index contributed by atoms with van der Waals surface area (Å²) >= 11 is 0. The molecule has 3 rings (SSSR count). The van der Waals surface area contributed by atoms with Gasteiger partial charge in [0.1, 0.15) is 0 Å². The van der Waals surface area contributed by atoms with E-state index in [0.717, 1.165) is 16.8 Å². The average molecular weight is 413 g/mol. The largest absolute Gasteiger partial charge is 0.348 e. The Balaban J connectivity index is 1.68. The van der Waals surface area contributed by atoms with Gasteiger partial charge in [-0.3, -0.25) is 9.89 Å². The van der Waals surface area contributed by atoms with Crippen LogP contribution in [0.1, 0.15) is 29.8 Å². The molecule has 0 atom stereocenters. The van der Waals surface area contributed by atoms with Crippen LogP contribution in [0.15, 0.2) is 65.7 Å². The number of hydrogen-bond donors (Lipinski definition) is 2. The number of nitrogens with one attached hydrogen (secondary N) is 2. The molecule has 0 spiro atoms. The number of aromatic nitrogens is 2. The Labute approximate surface area is 170 Å². The van der Waals surface area contributed by atoms with Crippen molar-refractivity contribution in [3.8, 4) is 11.3 Å². The van der Waals surface area contributed by atoms with Crippen molar-refractivity contribution < 1.29 is 13.2 Å². The third-order valence-electron chi connectivity index (χ3n) is 4.66. The molecule has 29 heavy (non-hydrogen) atoms. The van der Waals surface area contributed by atoms with Crippen LogP contribution in [0.5, 0.6) is 0 Å². The maximum Gasteiger partial charge on any atom is 0.251 e. The van der Waals surface area contributed by atoms with Gasteiger partial charge in [0.25, 0.3) is 5.91 Å². The van der Waals surface area contributed by atoms with Crippen molar-refractivity contribution in [2.24, 2.45) is 0 Å². The Morgan fingerprint density at radius 2 is 1.79 bits per heavy atom. The van der Waals surface area contributed by atoms with Gasteiger partial charge in [0, 0.05) is 31.4 Å². The summed E-state index contributed by atoms with van der Waals surface area (Å²) in [6.45, 7) is 4.67. The zero-order chi connectivity index (χ0) is 20.9. The topological polar surface area (TPSA) is 95.2 Å². The highest BCUT2D eigenvalue weighted by atomic mass is 32.2. The van der Waals surface area contributed by atoms with Crippen LogP contribution in [0.3, 0.4) is 0 Å². The van der Waals surface area contributed by atoms with Crippen molar-refractivity contribution in [3.05, 3.63) is 71.9 Å². The third-order valence-corrected chi connectivity index (χ3v) is 6.70. The molecule has 8 heteroatoms. The second-order valence-electron chi connectivity index (χ2n) is 6.47. The van der Waals surface area contributed by atoms with Crippen molar-refractivity contribution in [2.45, 2.75) is 25.3 Å². The van der Waals surface area contributed by atoms with Crippen LogP contribution in [0.2, 0.25) is 0 Å². The molecular formula is C21H24N4O3S. The van der Waals surface area contributed by atoms with Gasteiger partial charge in [-0.1, -0.05) is 44.2 Å². The van der Waals surface area contributed by atoms with Crippen LogP contribution in [-0.4, -0.2) is 41.9 Å². The Kier molecular flexibility index (Phi) is 6.46. The summed E-state index contributed by atoms with van der Waals surface area (Å²) in [6.07, 6.45) is 1.69. The minimum atomic E-state index is -3.61. The summed E-state index contributed by atoms with van der Waals surface area (Å²) in [5.41, 5.74) is 3.18. The van der Waals surface area contributed by atoms with Gasteiger partial charge in [0.15, 0.2) is 0 Å². The second kappa shape index (κ2) is 9.02. The van der Waals surface area contributed by atoms with Gasteiger partial charge >= 0.3 is 0 Å². The molecule has 1 heterocycles. The van der Waals surface area contributed by atoms with Crippen molar-refractivity contribution in [1.82, 2.24) is 19.8 Å². The zero-order valence-electron chi connectivity index (χ0n) is 16.4. The van der Waals surface area contributed by atoms with Crippen LogP contribution < -0.4 is 5.32 Å². The van der Waals surface area contributed by atoms with Crippen LogP contribution in [0.4, 0.5) is 0 Å². The van der Waals surface area contributed by atoms with Gasteiger partial charge in [0.2, 0.25) is 10.0 Å². The number of carbonyl (C=O) groups excluding carboxylic acids is 1. The van der Waals surface area contributed by atoms with E-state index in [2.05, 4.69) is 15.5 Å². The van der Waals surface area contributed by atoms with E-state index in [1.807, 2.05) is 30.3 Å². The van der Waals surface area contributed by atoms with Gasteiger partial charge < -0.3 is 5.32 Å². The second-order valence-corrected chi connectivity index (χ2v) is 8.41. The number of sulfonamides is 1. The monoisotopic (exact) mass is 412 g/mol. The zero-order valence-corrected chi connectivity index (χ0v) is 17.2. The first kappa shape index (κ1) is 20.8. The first-order valence-electron chi connectivity index (χ1n) is 9.42. The molecule has 0 radical (unpaired) electrons. The summed E-state index contributed by atoms with van der Waals surface area (Å²) in [4.78, 5) is 12.6. The van der Waals surface area contributed by atoms with E-state index in [9.17, 15) is 13.2 Å². The van der Waals surface area contributed by atoms with E-state index in [4.69, 9.17) is 0 Å². The Morgan fingerprint density at radius 3 is 2.41 bits per heavy atom. The number of benzene rings is 2. The highest BCUT2D eigenvalue weighted by molar-refractivity contribution is 7.89. The van der Waals surface area contributed by atoms with Crippen LogP contribution in [-0.2, 0) is 16.6 Å². The maximum absolute atomic E-state index is 12.7. The molecule has 2 N–H and O–H groups in total. The molecule has 0 bridgehead atoms. The first-order chi connectivity index (χ1) is 14.0. The van der Waals surface area contributed by atoms with Gasteiger partial charge in [-0.25, -0.2) is 8.42 Å². The van der Waals surface area contributed by atoms with Gasteiger partial charge in [-0.15, -0.1) is 0 Å². The number of hydrogen-bond acceptors (Lipinski definition) is 4. The fraction of sp³-hybridized carbons (Fsp3) is 0.238. The van der Waals surface area contributed by atoms with Crippen molar-refractivity contribution in [2.75, 3.05) is 13.1 Å². The standard InChI is InChI=1S/C21H24N4O3S/c1-3-25(4-2)29(27,28)19-7-5-6-18(14-19)21(26)22-15-16-8-10-17(11-9-16)20-12-13-23-24-20/h5-14H,3-4,15H2,1-2H3,(H,22,26)(H,23,24). The summed E-state index contributed by atoms with van der Waals surface area (Å²) < 4.78 is 26.7. The van der Waals surface area contributed by atoms with Gasteiger partial charge in [0.05, 0.1) is 10.6 Å². The minimum absolute atomic E-state index is 0.123. The summed E-state index contributed by atoms with van der Waals surface area (Å²) in [5, 5.41) is 9.68. The lowest BCUT2D eigenvalue weighted by Gasteiger charge is -2.18. The highest BCUT2D eigenvalue weighted by Crippen LogP contribution is 2.18. The number of rotatable bonds is 8. The molecule has 2 aromatic carbocycles. The predicted molar refractivity (Wildman–Crippen MR) is 112 cm³/mol. The first-order valence-corrected chi connectivity index (χ1v) is 10.9. The molecular weight excluding hydrogens is 388 g/mol. The molecule has 0 aliphatic heterocycles. The number of aromatic amines is 1. The normalized spacial score (nSPS) is 11.6. The van der Waals surface area contributed by atoms with E-state index in [1.165, 1.54) is 16.4 Å². The Hall–Kier alpha value is -2.97. The molecule has 0 aliphatic carbocycles. The molecule has 1 amide bonds. The summed E-state index contributed by atoms with van der Waals surface area (Å²) in [6, 6.07) is 15.8. The fourth-order valence-corrected chi connectivity index (χ4v) is 4.52. The molecule has 7 nitrogen and oxygen atoms in total. The lowest BCUT2D eigenvalue weighted by atomic mass is 10.1. The van der Waals surface area contributed by atoms with Crippen molar-refractivity contribution in [1.29, 1.82) is 0 Å². The predicted octanol–water partition coefficient (Wildman–Crippen LogP) is 3.04. The van der Waals surface area contributed by atoms with Gasteiger partial charge in [-0.2, -0.15) is 9.40 Å². The quantitative estimate of drug-likeness (QED) is 0.594. The number of H-pyrrole nitrogens is 1. The fourth-order valence-electron chi connectivity index (χ4n) is 3.01. The van der Waals surface area contributed by atoms with E-state index < -0.39 is 10.0 Å². The van der Waals surface area contributed by atoms with E-state index >= 15 is 0 Å². The highest BCUT2D eigenvalue weighted by Gasteiger charge is 2.22. The number of nitrogens with zero attached hydrogens (tertiary/aromatic N) is 2. The molecule has 0 unspecified atom stereocenters. The van der Waals surface area contributed by atoms with Gasteiger partial charge in [-0.05, 0) is 35.4 Å². The van der Waals surface area contributed by atoms with Crippen LogP contribution >= 0.6 is 0 Å². The van der Waals surface area contributed by atoms with E-state index in [-0.39, 0.29) is 10.8 Å². The lowest BCUT2D eigenvalue weighted by Crippen LogP contribution is -2.31. The Bertz CT molecular complexity index is 1060. The lowest BCUT2D eigenvalue weighted by molar-refractivity contribution is 0.0950. The molecule has 0 aliphatic rings. The SMILES string of the molecule is CCN(CC)S(=O)(=O)c1cccc(C(=O)NCc2ccc(-c3ccn[nH]3)cc2)c1.